The predicted molar refractivity (Wildman–Crippen MR) is 97.0 cm³/mol. The third-order valence-corrected chi connectivity index (χ3v) is 4.69. The second-order valence-electron chi connectivity index (χ2n) is 6.77. The summed E-state index contributed by atoms with van der Waals surface area (Å²) >= 11 is 0. The third-order valence-electron chi connectivity index (χ3n) is 4.69. The van der Waals surface area contributed by atoms with Crippen molar-refractivity contribution in [3.8, 4) is 5.75 Å². The molecule has 138 valence electrons. The van der Waals surface area contributed by atoms with Crippen LogP contribution in [0.5, 0.6) is 5.75 Å². The second-order valence-corrected chi connectivity index (χ2v) is 6.77. The van der Waals surface area contributed by atoms with E-state index in [1.807, 2.05) is 29.2 Å². The van der Waals surface area contributed by atoms with Crippen molar-refractivity contribution in [3.63, 3.8) is 0 Å². The van der Waals surface area contributed by atoms with Gasteiger partial charge in [-0.25, -0.2) is 0 Å². The summed E-state index contributed by atoms with van der Waals surface area (Å²) in [7, 11) is 0. The van der Waals surface area contributed by atoms with Crippen molar-refractivity contribution in [2.45, 2.75) is 51.9 Å². The van der Waals surface area contributed by atoms with Crippen LogP contribution in [0.25, 0.3) is 0 Å². The number of carbonyl (C=O) groups excluding carboxylic acids is 1. The highest BCUT2D eigenvalue weighted by molar-refractivity contribution is 5.94. The van der Waals surface area contributed by atoms with Gasteiger partial charge in [-0.15, -0.1) is 0 Å². The normalized spacial score (nSPS) is 17.3. The van der Waals surface area contributed by atoms with Gasteiger partial charge in [0, 0.05) is 25.1 Å². The summed E-state index contributed by atoms with van der Waals surface area (Å²) in [6.07, 6.45) is 6.13. The summed E-state index contributed by atoms with van der Waals surface area (Å²) in [5.74, 6) is 0.344. The maximum absolute atomic E-state index is 12.7. The van der Waals surface area contributed by atoms with Crippen LogP contribution in [-0.2, 0) is 4.79 Å². The number of aliphatic carboxylic acids is 1. The van der Waals surface area contributed by atoms with Crippen LogP contribution in [-0.4, -0.2) is 41.6 Å². The highest BCUT2D eigenvalue weighted by Crippen LogP contribution is 2.23. The van der Waals surface area contributed by atoms with Crippen LogP contribution in [0.1, 0.15) is 62.2 Å². The quantitative estimate of drug-likeness (QED) is 0.686. The van der Waals surface area contributed by atoms with Crippen molar-refractivity contribution in [2.24, 2.45) is 5.92 Å². The van der Waals surface area contributed by atoms with Crippen molar-refractivity contribution in [1.29, 1.82) is 0 Å². The molecule has 1 saturated heterocycles. The number of amides is 1. The van der Waals surface area contributed by atoms with Crippen molar-refractivity contribution in [2.75, 3.05) is 19.7 Å². The van der Waals surface area contributed by atoms with E-state index >= 15 is 0 Å². The van der Waals surface area contributed by atoms with E-state index in [4.69, 9.17) is 9.84 Å². The number of rotatable bonds is 9. The molecule has 0 radical (unpaired) electrons. The molecule has 5 heteroatoms. The average molecular weight is 347 g/mol. The fourth-order valence-electron chi connectivity index (χ4n) is 3.23. The van der Waals surface area contributed by atoms with E-state index in [0.717, 1.165) is 38.0 Å². The fourth-order valence-corrected chi connectivity index (χ4v) is 3.23. The number of hydrogen-bond acceptors (Lipinski definition) is 3. The number of carboxylic acid groups (broad SMARTS) is 1. The van der Waals surface area contributed by atoms with Crippen molar-refractivity contribution >= 4 is 11.9 Å². The van der Waals surface area contributed by atoms with E-state index < -0.39 is 5.97 Å². The molecule has 2 rings (SSSR count). The highest BCUT2D eigenvalue weighted by atomic mass is 16.5. The molecule has 1 unspecified atom stereocenters. The SMILES string of the molecule is CCCCCOc1ccc(C(=O)N2CCCC(CCC(=O)O)C2)cc1. The standard InChI is InChI=1S/C20H29NO4/c1-2-3-4-14-25-18-10-8-17(9-11-18)20(24)21-13-5-6-16(15-21)7-12-19(22)23/h8-11,16H,2-7,12-15H2,1H3,(H,22,23). The number of benzene rings is 1. The number of hydrogen-bond donors (Lipinski definition) is 1. The zero-order valence-electron chi connectivity index (χ0n) is 15.1. The van der Waals surface area contributed by atoms with Crippen molar-refractivity contribution in [3.05, 3.63) is 29.8 Å². The van der Waals surface area contributed by atoms with Gasteiger partial charge in [-0.1, -0.05) is 19.8 Å². The lowest BCUT2D eigenvalue weighted by molar-refractivity contribution is -0.137. The Morgan fingerprint density at radius 1 is 1.24 bits per heavy atom. The first-order valence-electron chi connectivity index (χ1n) is 9.34. The Hall–Kier alpha value is -2.04. The van der Waals surface area contributed by atoms with Gasteiger partial charge in [0.25, 0.3) is 5.91 Å². The first-order chi connectivity index (χ1) is 12.1. The minimum atomic E-state index is -0.766. The summed E-state index contributed by atoms with van der Waals surface area (Å²) in [5, 5.41) is 8.82. The van der Waals surface area contributed by atoms with Crippen molar-refractivity contribution < 1.29 is 19.4 Å². The number of unbranched alkanes of at least 4 members (excludes halogenated alkanes) is 2. The topological polar surface area (TPSA) is 66.8 Å². The molecule has 1 atom stereocenters. The lowest BCUT2D eigenvalue weighted by atomic mass is 9.93. The maximum Gasteiger partial charge on any atom is 0.303 e. The minimum absolute atomic E-state index is 0.0255. The van der Waals surface area contributed by atoms with Crippen LogP contribution in [0, 0.1) is 5.92 Å². The Morgan fingerprint density at radius 3 is 2.68 bits per heavy atom. The van der Waals surface area contributed by atoms with Crippen LogP contribution >= 0.6 is 0 Å². The zero-order valence-corrected chi connectivity index (χ0v) is 15.1. The third kappa shape index (κ3) is 6.40. The van der Waals surface area contributed by atoms with Gasteiger partial charge in [0.05, 0.1) is 6.61 Å². The molecule has 1 amide bonds. The van der Waals surface area contributed by atoms with E-state index in [9.17, 15) is 9.59 Å². The highest BCUT2D eigenvalue weighted by Gasteiger charge is 2.24. The monoisotopic (exact) mass is 347 g/mol. The molecule has 1 aromatic carbocycles. The first-order valence-corrected chi connectivity index (χ1v) is 9.34. The van der Waals surface area contributed by atoms with Gasteiger partial charge in [0.1, 0.15) is 5.75 Å². The molecule has 1 aliphatic heterocycles. The Morgan fingerprint density at radius 2 is 2.00 bits per heavy atom. The van der Waals surface area contributed by atoms with E-state index in [2.05, 4.69) is 6.92 Å². The minimum Gasteiger partial charge on any atom is -0.494 e. The molecule has 1 aromatic rings. The molecular formula is C20H29NO4. The van der Waals surface area contributed by atoms with Gasteiger partial charge < -0.3 is 14.7 Å². The van der Waals surface area contributed by atoms with Gasteiger partial charge >= 0.3 is 5.97 Å². The maximum atomic E-state index is 12.7. The summed E-state index contributed by atoms with van der Waals surface area (Å²) < 4.78 is 5.68. The molecule has 0 bridgehead atoms. The lowest BCUT2D eigenvalue weighted by Gasteiger charge is -2.32. The Balaban J connectivity index is 1.85. The molecule has 1 aliphatic rings. The second kappa shape index (κ2) is 10.1. The number of ether oxygens (including phenoxy) is 1. The molecule has 1 heterocycles. The fraction of sp³-hybridized carbons (Fsp3) is 0.600. The zero-order chi connectivity index (χ0) is 18.1. The smallest absolute Gasteiger partial charge is 0.303 e. The summed E-state index contributed by atoms with van der Waals surface area (Å²) in [4.78, 5) is 25.2. The van der Waals surface area contributed by atoms with Crippen LogP contribution in [0.2, 0.25) is 0 Å². The van der Waals surface area contributed by atoms with Crippen LogP contribution in [0.4, 0.5) is 0 Å². The molecule has 0 aromatic heterocycles. The van der Waals surface area contributed by atoms with Gasteiger partial charge in [0.2, 0.25) is 0 Å². The Bertz CT molecular complexity index is 555. The number of piperidine rings is 1. The lowest BCUT2D eigenvalue weighted by Crippen LogP contribution is -2.40. The molecule has 0 saturated carbocycles. The molecular weight excluding hydrogens is 318 g/mol. The van der Waals surface area contributed by atoms with Gasteiger partial charge in [-0.3, -0.25) is 9.59 Å². The number of likely N-dealkylation sites (tertiary alicyclic amines) is 1. The first kappa shape index (κ1) is 19.3. The van der Waals surface area contributed by atoms with Crippen LogP contribution < -0.4 is 4.74 Å². The number of carboxylic acids is 1. The summed E-state index contributed by atoms with van der Waals surface area (Å²) in [6.45, 7) is 4.27. The van der Waals surface area contributed by atoms with Gasteiger partial charge in [-0.05, 0) is 55.9 Å². The average Bonchev–Trinajstić information content (AvgIpc) is 2.64. The van der Waals surface area contributed by atoms with Gasteiger partial charge in [0.15, 0.2) is 0 Å². The molecule has 0 spiro atoms. The van der Waals surface area contributed by atoms with E-state index in [1.54, 1.807) is 0 Å². The number of carbonyl (C=O) groups is 2. The molecule has 5 nitrogen and oxygen atoms in total. The molecule has 1 N–H and O–H groups in total. The van der Waals surface area contributed by atoms with E-state index in [-0.39, 0.29) is 18.2 Å². The summed E-state index contributed by atoms with van der Waals surface area (Å²) in [6, 6.07) is 7.34. The summed E-state index contributed by atoms with van der Waals surface area (Å²) in [5.41, 5.74) is 0.666. The largest absolute Gasteiger partial charge is 0.494 e. The molecule has 0 aliphatic carbocycles. The van der Waals surface area contributed by atoms with Crippen LogP contribution in [0.3, 0.4) is 0 Å². The molecule has 1 fully saturated rings. The van der Waals surface area contributed by atoms with Crippen LogP contribution in [0.15, 0.2) is 24.3 Å². The predicted octanol–water partition coefficient (Wildman–Crippen LogP) is 3.97. The Kier molecular flexibility index (Phi) is 7.76. The van der Waals surface area contributed by atoms with E-state index in [1.165, 1.54) is 6.42 Å². The Labute approximate surface area is 150 Å². The van der Waals surface area contributed by atoms with E-state index in [0.29, 0.717) is 25.1 Å². The molecule has 25 heavy (non-hydrogen) atoms. The van der Waals surface area contributed by atoms with Gasteiger partial charge in [-0.2, -0.15) is 0 Å². The van der Waals surface area contributed by atoms with Crippen molar-refractivity contribution in [1.82, 2.24) is 4.90 Å². The number of nitrogens with zero attached hydrogens (tertiary/aromatic N) is 1.